The van der Waals surface area contributed by atoms with E-state index in [2.05, 4.69) is 83.6 Å². The summed E-state index contributed by atoms with van der Waals surface area (Å²) in [7, 11) is -3.10. The van der Waals surface area contributed by atoms with E-state index < -0.39 is 33.6 Å². The zero-order valence-corrected chi connectivity index (χ0v) is 59.6. The summed E-state index contributed by atoms with van der Waals surface area (Å²) in [4.78, 5) is 31.7. The van der Waals surface area contributed by atoms with E-state index in [4.69, 9.17) is 14.2 Å². The number of sulfone groups is 1. The van der Waals surface area contributed by atoms with Gasteiger partial charge in [-0.1, -0.05) is 207 Å². The zero-order valence-electron chi connectivity index (χ0n) is 58.8. The molecule has 91 heavy (non-hydrogen) atoms. The van der Waals surface area contributed by atoms with Crippen LogP contribution in [0.5, 0.6) is 5.88 Å². The average molecular weight is 1280 g/mol. The molecule has 5 saturated carbocycles. The summed E-state index contributed by atoms with van der Waals surface area (Å²) in [6, 6.07) is 5.55. The van der Waals surface area contributed by atoms with Crippen molar-refractivity contribution in [3.8, 4) is 11.9 Å². The predicted molar refractivity (Wildman–Crippen MR) is 370 cm³/mol. The van der Waals surface area contributed by atoms with Crippen LogP contribution in [0.15, 0.2) is 53.8 Å². The molecule has 12 heteroatoms. The summed E-state index contributed by atoms with van der Waals surface area (Å²) >= 11 is 0. The Bertz CT molecular complexity index is 2760. The van der Waals surface area contributed by atoms with E-state index in [1.165, 1.54) is 183 Å². The second-order valence-corrected chi connectivity index (χ2v) is 34.7. The Morgan fingerprint density at radius 1 is 0.714 bits per heavy atom. The van der Waals surface area contributed by atoms with E-state index in [-0.39, 0.29) is 50.9 Å². The molecule has 10 atom stereocenters. The van der Waals surface area contributed by atoms with Crippen LogP contribution in [0.2, 0.25) is 0 Å². The number of aromatic nitrogens is 1. The molecule has 2 N–H and O–H groups in total. The van der Waals surface area contributed by atoms with Gasteiger partial charge in [-0.3, -0.25) is 9.59 Å². The van der Waals surface area contributed by atoms with Gasteiger partial charge in [-0.05, 0) is 204 Å². The van der Waals surface area contributed by atoms with Crippen molar-refractivity contribution in [2.45, 2.75) is 328 Å². The van der Waals surface area contributed by atoms with Gasteiger partial charge in [-0.2, -0.15) is 5.26 Å². The molecule has 0 radical (unpaired) electrons. The number of hydrogen-bond acceptors (Lipinski definition) is 11. The Balaban J connectivity index is 0.802. The number of rotatable bonds is 37. The molecule has 7 aliphatic rings. The highest BCUT2D eigenvalue weighted by molar-refractivity contribution is 7.91. The van der Waals surface area contributed by atoms with Crippen LogP contribution in [0, 0.1) is 68.0 Å². The van der Waals surface area contributed by atoms with E-state index in [0.717, 1.165) is 51.5 Å². The largest absolute Gasteiger partial charge is 0.475 e. The van der Waals surface area contributed by atoms with Gasteiger partial charge in [0.1, 0.15) is 33.5 Å². The number of hydrogen-bond donors (Lipinski definition) is 2. The van der Waals surface area contributed by atoms with Gasteiger partial charge in [0.25, 0.3) is 0 Å². The normalized spacial score (nSPS) is 32.6. The SMILES string of the molecule is C=C(C)[C@@H]1CC[C@]2(NCCC3(O)CCC(S(C)(=O)=O)CC3)CC[C@]3(C)[C@H](CC[C@@H]4[C@@]5(C)CC=C(C6=CC[C@@](COc7ncccc7C#N)(C(=O)OCOC(=O)CCCCCCCCCCCCCCCCCCCCCCCCC)CC6)C(C)(C)[C@@H]5CC[C@]43C)[C@@H]12. The van der Waals surface area contributed by atoms with E-state index in [0.29, 0.717) is 92.9 Å². The van der Waals surface area contributed by atoms with Crippen LogP contribution in [0.25, 0.3) is 0 Å². The fraction of sp³-hybridized carbons (Fsp3) is 0.823. The highest BCUT2D eigenvalue weighted by atomic mass is 32.2. The summed E-state index contributed by atoms with van der Waals surface area (Å²) in [5, 5.41) is 25.5. The van der Waals surface area contributed by atoms with Gasteiger partial charge in [0.15, 0.2) is 0 Å². The van der Waals surface area contributed by atoms with Crippen molar-refractivity contribution >= 4 is 21.8 Å². The molecule has 0 unspecified atom stereocenters. The predicted octanol–water partition coefficient (Wildman–Crippen LogP) is 19.5. The molecular weight excluding hydrogens is 1150 g/mol. The van der Waals surface area contributed by atoms with Gasteiger partial charge in [0, 0.05) is 24.4 Å². The average Bonchev–Trinajstić information content (AvgIpc) is 1.56. The number of carbonyl (C=O) groups excluding carboxylic acids is 2. The summed E-state index contributed by atoms with van der Waals surface area (Å²) in [6.45, 7) is 22.5. The summed E-state index contributed by atoms with van der Waals surface area (Å²) < 4.78 is 42.3. The lowest BCUT2D eigenvalue weighted by Crippen LogP contribution is -2.68. The van der Waals surface area contributed by atoms with Crippen LogP contribution in [-0.4, -0.2) is 73.0 Å². The van der Waals surface area contributed by atoms with Crippen LogP contribution in [0.4, 0.5) is 0 Å². The number of aliphatic hydroxyl groups is 1. The van der Waals surface area contributed by atoms with Crippen LogP contribution in [0.3, 0.4) is 0 Å². The maximum Gasteiger partial charge on any atom is 0.318 e. The molecule has 0 aromatic carbocycles. The van der Waals surface area contributed by atoms with Crippen LogP contribution >= 0.6 is 0 Å². The smallest absolute Gasteiger partial charge is 0.318 e. The first-order chi connectivity index (χ1) is 43.5. The molecule has 0 aliphatic heterocycles. The number of unbranched alkanes of at least 4 members (excludes halogenated alkanes) is 22. The molecule has 1 heterocycles. The molecule has 0 amide bonds. The Morgan fingerprint density at radius 3 is 1.88 bits per heavy atom. The monoisotopic (exact) mass is 1280 g/mol. The second-order valence-electron chi connectivity index (χ2n) is 32.4. The van der Waals surface area contributed by atoms with Crippen molar-refractivity contribution in [2.24, 2.45) is 56.7 Å². The molecular formula is C79H127N3O8S. The Labute approximate surface area is 554 Å². The summed E-state index contributed by atoms with van der Waals surface area (Å²) in [5.41, 5.74) is 2.85. The number of esters is 2. The number of pyridine rings is 1. The molecule has 5 fully saturated rings. The van der Waals surface area contributed by atoms with Crippen molar-refractivity contribution in [2.75, 3.05) is 26.2 Å². The molecule has 0 saturated heterocycles. The minimum atomic E-state index is -3.10. The molecule has 1 aromatic rings. The molecule has 11 nitrogen and oxygen atoms in total. The lowest BCUT2D eigenvalue weighted by atomic mass is 9.33. The summed E-state index contributed by atoms with van der Waals surface area (Å²) in [5.74, 6) is 2.00. The zero-order chi connectivity index (χ0) is 65.4. The fourth-order valence-corrected chi connectivity index (χ4v) is 21.8. The Kier molecular flexibility index (Phi) is 26.5. The van der Waals surface area contributed by atoms with E-state index in [9.17, 15) is 28.4 Å². The highest BCUT2D eigenvalue weighted by Gasteiger charge is 2.70. The third-order valence-corrected chi connectivity index (χ3v) is 28.0. The van der Waals surface area contributed by atoms with Crippen molar-refractivity contribution in [1.29, 1.82) is 5.26 Å². The minimum Gasteiger partial charge on any atom is -0.475 e. The van der Waals surface area contributed by atoms with Crippen molar-refractivity contribution in [3.63, 3.8) is 0 Å². The van der Waals surface area contributed by atoms with Gasteiger partial charge in [0.05, 0.1) is 10.9 Å². The maximum atomic E-state index is 14.4. The maximum absolute atomic E-state index is 14.4. The molecule has 8 rings (SSSR count). The molecule has 512 valence electrons. The summed E-state index contributed by atoms with van der Waals surface area (Å²) in [6.07, 6.45) is 53.5. The standard InChI is InChI=1S/C79H127N3O8S/c1-10-11-12-13-14-15-16-17-18-19-20-21-22-23-24-25-26-27-28-29-30-31-32-35-69(83)89-59-90-72(84)77(58-88-71-62(57-80)34-33-55-81-71)47-38-61(39-48-77)65-43-45-74(6)67(73(65,4)5)44-46-76(8)68(74)37-36-66-70-64(60(2)3)42-51-79(70,53-52-75(66,76)7)82-56-54-78(85)49-40-63(41-50-78)91(9,86)87/h33-34,38,43,55,63-64,66-68,70,82,85H,2,10-32,35-37,39-42,44-54,56,58-59H2,1,3-9H3/t63?,64-,66+,67-,68+,70+,74-,75+,76+,77+,78?,79-/m0/s1. The first-order valence-electron chi connectivity index (χ1n) is 37.5. The fourth-order valence-electron chi connectivity index (χ4n) is 20.7. The quantitative estimate of drug-likeness (QED) is 0.0282. The number of fused-ring (bicyclic) bond motifs is 7. The van der Waals surface area contributed by atoms with E-state index in [1.54, 1.807) is 18.3 Å². The molecule has 0 spiro atoms. The molecule has 7 aliphatic carbocycles. The minimum absolute atomic E-state index is 0.0121. The number of allylic oxidation sites excluding steroid dienone is 5. The van der Waals surface area contributed by atoms with Crippen LogP contribution in [0.1, 0.15) is 317 Å². The van der Waals surface area contributed by atoms with Gasteiger partial charge < -0.3 is 24.6 Å². The topological polar surface area (TPSA) is 165 Å². The lowest BCUT2D eigenvalue weighted by molar-refractivity contribution is -0.221. The first-order valence-corrected chi connectivity index (χ1v) is 39.5. The number of carbonyl (C=O) groups is 2. The number of nitrogens with zero attached hydrogens (tertiary/aromatic N) is 2. The Hall–Kier alpha value is -3.53. The lowest BCUT2D eigenvalue weighted by Gasteiger charge is -2.72. The van der Waals surface area contributed by atoms with Gasteiger partial charge in [0.2, 0.25) is 12.7 Å². The third kappa shape index (κ3) is 17.6. The second kappa shape index (κ2) is 32.9. The van der Waals surface area contributed by atoms with Gasteiger partial charge >= 0.3 is 11.9 Å². The van der Waals surface area contributed by atoms with Crippen LogP contribution in [-0.2, 0) is 28.9 Å². The van der Waals surface area contributed by atoms with Crippen LogP contribution < -0.4 is 10.1 Å². The number of nitrogens with one attached hydrogen (secondary N) is 1. The third-order valence-electron chi connectivity index (χ3n) is 26.3. The molecule has 1 aromatic heterocycles. The number of nitriles is 1. The van der Waals surface area contributed by atoms with E-state index >= 15 is 0 Å². The number of ether oxygens (including phenoxy) is 3. The van der Waals surface area contributed by atoms with Crippen molar-refractivity contribution in [1.82, 2.24) is 10.3 Å². The van der Waals surface area contributed by atoms with E-state index in [1.807, 2.05) is 0 Å². The van der Waals surface area contributed by atoms with Gasteiger partial charge in [-0.15, -0.1) is 0 Å². The Morgan fingerprint density at radius 2 is 1.32 bits per heavy atom. The first kappa shape index (κ1) is 73.3. The van der Waals surface area contributed by atoms with Crippen molar-refractivity contribution < 1.29 is 37.3 Å². The molecule has 0 bridgehead atoms. The highest BCUT2D eigenvalue weighted by Crippen LogP contribution is 2.77. The van der Waals surface area contributed by atoms with Gasteiger partial charge in [-0.25, -0.2) is 13.4 Å². The van der Waals surface area contributed by atoms with Crippen molar-refractivity contribution in [3.05, 3.63) is 59.3 Å².